The Morgan fingerprint density at radius 3 is 2.78 bits per heavy atom. The number of aliphatic hydroxyl groups excluding tert-OH is 1. The minimum atomic E-state index is -0.0392. The lowest BCUT2D eigenvalue weighted by atomic mass is 10.1. The fourth-order valence-corrected chi connectivity index (χ4v) is 2.67. The van der Waals surface area contributed by atoms with Gasteiger partial charge in [0.25, 0.3) is 5.91 Å². The lowest BCUT2D eigenvalue weighted by Crippen LogP contribution is -2.32. The minimum absolute atomic E-state index is 0.0359. The summed E-state index contributed by atoms with van der Waals surface area (Å²) in [5.74, 6) is 0.913. The summed E-state index contributed by atoms with van der Waals surface area (Å²) in [6.45, 7) is 2.82. The van der Waals surface area contributed by atoms with Crippen molar-refractivity contribution in [2.45, 2.75) is 24.7 Å². The molecule has 0 aromatic heterocycles. The second-order valence-electron chi connectivity index (χ2n) is 4.77. The van der Waals surface area contributed by atoms with E-state index in [2.05, 4.69) is 12.2 Å². The highest BCUT2D eigenvalue weighted by Crippen LogP contribution is 2.44. The molecule has 98 valence electrons. The van der Waals surface area contributed by atoms with E-state index in [0.29, 0.717) is 6.54 Å². The predicted octanol–water partition coefficient (Wildman–Crippen LogP) is 2.30. The van der Waals surface area contributed by atoms with E-state index >= 15 is 0 Å². The summed E-state index contributed by atoms with van der Waals surface area (Å²) in [5, 5.41) is 12.2. The zero-order valence-corrected chi connectivity index (χ0v) is 11.4. The Labute approximate surface area is 112 Å². The summed E-state index contributed by atoms with van der Waals surface area (Å²) in [6.07, 6.45) is 2.02. The highest BCUT2D eigenvalue weighted by Gasteiger charge is 2.42. The van der Waals surface area contributed by atoms with Gasteiger partial charge in [0.1, 0.15) is 0 Å². The van der Waals surface area contributed by atoms with Crippen LogP contribution in [0.1, 0.15) is 30.1 Å². The number of benzene rings is 1. The maximum atomic E-state index is 12.1. The van der Waals surface area contributed by atoms with Crippen LogP contribution >= 0.6 is 11.8 Å². The molecule has 0 aliphatic heterocycles. The van der Waals surface area contributed by atoms with Crippen molar-refractivity contribution in [1.29, 1.82) is 0 Å². The van der Waals surface area contributed by atoms with Crippen molar-refractivity contribution < 1.29 is 9.90 Å². The first kappa shape index (κ1) is 13.4. The van der Waals surface area contributed by atoms with Crippen molar-refractivity contribution in [1.82, 2.24) is 5.32 Å². The maximum absolute atomic E-state index is 12.1. The number of carbonyl (C=O) groups excluding carboxylic acids is 1. The maximum Gasteiger partial charge on any atom is 0.252 e. The summed E-state index contributed by atoms with van der Waals surface area (Å²) in [4.78, 5) is 13.1. The fraction of sp³-hybridized carbons (Fsp3) is 0.500. The first-order valence-electron chi connectivity index (χ1n) is 6.32. The molecule has 0 radical (unpaired) electrons. The van der Waals surface area contributed by atoms with Crippen molar-refractivity contribution in [2.24, 2.45) is 5.41 Å². The van der Waals surface area contributed by atoms with E-state index in [0.717, 1.165) is 29.1 Å². The van der Waals surface area contributed by atoms with Gasteiger partial charge in [0.2, 0.25) is 0 Å². The molecule has 18 heavy (non-hydrogen) atoms. The first-order valence-corrected chi connectivity index (χ1v) is 7.30. The van der Waals surface area contributed by atoms with Gasteiger partial charge in [-0.05, 0) is 30.7 Å². The molecule has 2 N–H and O–H groups in total. The van der Waals surface area contributed by atoms with Gasteiger partial charge in [0.05, 0.1) is 12.2 Å². The fourth-order valence-electron chi connectivity index (χ4n) is 1.87. The Hall–Kier alpha value is -1.00. The van der Waals surface area contributed by atoms with Gasteiger partial charge in [-0.1, -0.05) is 19.1 Å². The number of hydrogen-bond donors (Lipinski definition) is 2. The number of amides is 1. The molecule has 1 saturated carbocycles. The van der Waals surface area contributed by atoms with Crippen LogP contribution in [0.15, 0.2) is 29.2 Å². The topological polar surface area (TPSA) is 49.3 Å². The van der Waals surface area contributed by atoms with E-state index in [9.17, 15) is 9.90 Å². The zero-order chi connectivity index (χ0) is 13.0. The molecule has 3 nitrogen and oxygen atoms in total. The van der Waals surface area contributed by atoms with Crippen molar-refractivity contribution in [3.8, 4) is 0 Å². The monoisotopic (exact) mass is 265 g/mol. The average molecular weight is 265 g/mol. The smallest absolute Gasteiger partial charge is 0.252 e. The normalized spacial score (nSPS) is 16.3. The molecule has 2 rings (SSSR count). The van der Waals surface area contributed by atoms with E-state index in [1.165, 1.54) is 0 Å². The van der Waals surface area contributed by atoms with E-state index < -0.39 is 0 Å². The average Bonchev–Trinajstić information content (AvgIpc) is 3.18. The molecule has 1 aliphatic rings. The minimum Gasteiger partial charge on any atom is -0.396 e. The molecule has 0 spiro atoms. The van der Waals surface area contributed by atoms with Crippen molar-refractivity contribution >= 4 is 17.7 Å². The van der Waals surface area contributed by atoms with Crippen molar-refractivity contribution in [3.05, 3.63) is 29.8 Å². The molecular weight excluding hydrogens is 246 g/mol. The van der Waals surface area contributed by atoms with Gasteiger partial charge in [-0.2, -0.15) is 0 Å². The zero-order valence-electron chi connectivity index (χ0n) is 10.6. The van der Waals surface area contributed by atoms with Gasteiger partial charge < -0.3 is 10.4 Å². The van der Waals surface area contributed by atoms with Gasteiger partial charge in [0.15, 0.2) is 0 Å². The van der Waals surface area contributed by atoms with E-state index in [1.54, 1.807) is 11.8 Å². The Balaban J connectivity index is 2.00. The largest absolute Gasteiger partial charge is 0.396 e. The van der Waals surface area contributed by atoms with Gasteiger partial charge in [-0.25, -0.2) is 0 Å². The highest BCUT2D eigenvalue weighted by molar-refractivity contribution is 7.99. The standard InChI is InChI=1S/C14H19NO2S/c1-2-18-12-6-4-3-5-11(12)13(17)15-9-14(10-16)7-8-14/h3-6,16H,2,7-10H2,1H3,(H,15,17). The molecule has 1 fully saturated rings. The van der Waals surface area contributed by atoms with Crippen molar-refractivity contribution in [2.75, 3.05) is 18.9 Å². The molecule has 1 aromatic carbocycles. The van der Waals surface area contributed by atoms with Crippen LogP contribution in [-0.4, -0.2) is 29.9 Å². The third kappa shape index (κ3) is 3.06. The van der Waals surface area contributed by atoms with E-state index in [-0.39, 0.29) is 17.9 Å². The lowest BCUT2D eigenvalue weighted by molar-refractivity contribution is 0.0932. The van der Waals surface area contributed by atoms with Gasteiger partial charge in [-0.3, -0.25) is 4.79 Å². The molecule has 1 aliphatic carbocycles. The number of hydrogen-bond acceptors (Lipinski definition) is 3. The van der Waals surface area contributed by atoms with E-state index in [4.69, 9.17) is 0 Å². The van der Waals surface area contributed by atoms with Crippen LogP contribution in [0.4, 0.5) is 0 Å². The van der Waals surface area contributed by atoms with Crippen LogP contribution in [0.25, 0.3) is 0 Å². The summed E-state index contributed by atoms with van der Waals surface area (Å²) in [7, 11) is 0. The Bertz CT molecular complexity index is 430. The third-order valence-corrected chi connectivity index (χ3v) is 4.30. The van der Waals surface area contributed by atoms with Crippen LogP contribution in [0.3, 0.4) is 0 Å². The summed E-state index contributed by atoms with van der Waals surface area (Å²) in [6, 6.07) is 7.66. The predicted molar refractivity (Wildman–Crippen MR) is 73.9 cm³/mol. The Kier molecular flexibility index (Phi) is 4.30. The van der Waals surface area contributed by atoms with Crippen molar-refractivity contribution in [3.63, 3.8) is 0 Å². The summed E-state index contributed by atoms with van der Waals surface area (Å²) in [5.41, 5.74) is 0.695. The van der Waals surface area contributed by atoms with Crippen LogP contribution in [0, 0.1) is 5.41 Å². The molecule has 0 saturated heterocycles. The van der Waals surface area contributed by atoms with Crippen LogP contribution in [0.5, 0.6) is 0 Å². The molecule has 0 atom stereocenters. The molecule has 0 heterocycles. The quantitative estimate of drug-likeness (QED) is 0.776. The number of thioether (sulfide) groups is 1. The SMILES string of the molecule is CCSc1ccccc1C(=O)NCC1(CO)CC1. The Morgan fingerprint density at radius 2 is 2.17 bits per heavy atom. The van der Waals surface area contributed by atoms with E-state index in [1.807, 2.05) is 24.3 Å². The molecule has 1 amide bonds. The number of nitrogens with one attached hydrogen (secondary N) is 1. The van der Waals surface area contributed by atoms with Crippen LogP contribution in [-0.2, 0) is 0 Å². The Morgan fingerprint density at radius 1 is 1.44 bits per heavy atom. The lowest BCUT2D eigenvalue weighted by Gasteiger charge is -2.14. The molecule has 4 heteroatoms. The highest BCUT2D eigenvalue weighted by atomic mass is 32.2. The van der Waals surface area contributed by atoms with Crippen LogP contribution < -0.4 is 5.32 Å². The summed E-state index contributed by atoms with van der Waals surface area (Å²) >= 11 is 1.67. The second-order valence-corrected chi connectivity index (χ2v) is 6.08. The molecule has 0 bridgehead atoms. The second kappa shape index (κ2) is 5.76. The molecule has 0 unspecified atom stereocenters. The number of rotatable bonds is 6. The molecule has 1 aromatic rings. The van der Waals surface area contributed by atoms with Gasteiger partial charge in [0, 0.05) is 16.9 Å². The molecular formula is C14H19NO2S. The number of aliphatic hydroxyl groups is 1. The number of carbonyl (C=O) groups is 1. The first-order chi connectivity index (χ1) is 8.71. The summed E-state index contributed by atoms with van der Waals surface area (Å²) < 4.78 is 0. The third-order valence-electron chi connectivity index (χ3n) is 3.35. The van der Waals surface area contributed by atoms with Crippen LogP contribution in [0.2, 0.25) is 0 Å². The van der Waals surface area contributed by atoms with Gasteiger partial charge in [-0.15, -0.1) is 11.8 Å². The van der Waals surface area contributed by atoms with Gasteiger partial charge >= 0.3 is 0 Å².